The van der Waals surface area contributed by atoms with E-state index in [2.05, 4.69) is 15.5 Å². The molecule has 0 aliphatic heterocycles. The van der Waals surface area contributed by atoms with Gasteiger partial charge in [-0.3, -0.25) is 5.10 Å². The molecule has 0 atom stereocenters. The van der Waals surface area contributed by atoms with Crippen LogP contribution in [0.1, 0.15) is 16.8 Å². The van der Waals surface area contributed by atoms with Crippen LogP contribution in [-0.2, 0) is 12.7 Å². The standard InChI is InChI=1S/C12H9F3N4/c13-12(14,15)9-1-2-11(8(5-9)6-16)17-7-10-3-4-18-19-10/h1-5,17H,7H2,(H,18,19). The van der Waals surface area contributed by atoms with Crippen molar-refractivity contribution < 1.29 is 13.2 Å². The molecule has 0 bridgehead atoms. The average molecular weight is 266 g/mol. The van der Waals surface area contributed by atoms with Crippen LogP contribution < -0.4 is 5.32 Å². The zero-order valence-corrected chi connectivity index (χ0v) is 9.62. The highest BCUT2D eigenvalue weighted by molar-refractivity contribution is 5.59. The highest BCUT2D eigenvalue weighted by atomic mass is 19.4. The molecule has 0 unspecified atom stereocenters. The number of anilines is 1. The number of aromatic amines is 1. The van der Waals surface area contributed by atoms with Gasteiger partial charge in [-0.25, -0.2) is 0 Å². The van der Waals surface area contributed by atoms with Gasteiger partial charge >= 0.3 is 6.18 Å². The molecule has 0 aliphatic rings. The number of hydrogen-bond acceptors (Lipinski definition) is 3. The Kier molecular flexibility index (Phi) is 3.42. The van der Waals surface area contributed by atoms with E-state index in [1.807, 2.05) is 0 Å². The normalized spacial score (nSPS) is 11.1. The third kappa shape index (κ3) is 3.04. The molecule has 0 saturated carbocycles. The van der Waals surface area contributed by atoms with Crippen molar-refractivity contribution >= 4 is 5.69 Å². The van der Waals surface area contributed by atoms with Crippen LogP contribution in [0.15, 0.2) is 30.5 Å². The SMILES string of the molecule is N#Cc1cc(C(F)(F)F)ccc1NCc1ccn[nH]1. The zero-order chi connectivity index (χ0) is 13.9. The van der Waals surface area contributed by atoms with E-state index in [0.29, 0.717) is 12.2 Å². The monoisotopic (exact) mass is 266 g/mol. The molecular weight excluding hydrogens is 257 g/mol. The molecule has 19 heavy (non-hydrogen) atoms. The summed E-state index contributed by atoms with van der Waals surface area (Å²) in [5.74, 6) is 0. The number of H-pyrrole nitrogens is 1. The number of nitrogens with zero attached hydrogens (tertiary/aromatic N) is 2. The van der Waals surface area contributed by atoms with Crippen molar-refractivity contribution in [3.05, 3.63) is 47.3 Å². The van der Waals surface area contributed by atoms with E-state index < -0.39 is 11.7 Å². The van der Waals surface area contributed by atoms with Crippen LogP contribution in [0.5, 0.6) is 0 Å². The summed E-state index contributed by atoms with van der Waals surface area (Å²) in [7, 11) is 0. The Bertz CT molecular complexity index is 596. The fourth-order valence-electron chi connectivity index (χ4n) is 1.54. The lowest BCUT2D eigenvalue weighted by molar-refractivity contribution is -0.137. The Morgan fingerprint density at radius 1 is 1.32 bits per heavy atom. The van der Waals surface area contributed by atoms with Gasteiger partial charge < -0.3 is 5.32 Å². The van der Waals surface area contributed by atoms with Crippen LogP contribution in [-0.4, -0.2) is 10.2 Å². The highest BCUT2D eigenvalue weighted by Gasteiger charge is 2.31. The largest absolute Gasteiger partial charge is 0.416 e. The fourth-order valence-corrected chi connectivity index (χ4v) is 1.54. The number of nitrogens with one attached hydrogen (secondary N) is 2. The maximum atomic E-state index is 12.5. The first kappa shape index (κ1) is 13.0. The van der Waals surface area contributed by atoms with E-state index in [9.17, 15) is 13.2 Å². The molecule has 0 spiro atoms. The first-order valence-electron chi connectivity index (χ1n) is 5.34. The number of rotatable bonds is 3. The van der Waals surface area contributed by atoms with Gasteiger partial charge in [0.15, 0.2) is 0 Å². The second kappa shape index (κ2) is 5.02. The van der Waals surface area contributed by atoms with Crippen LogP contribution in [0.3, 0.4) is 0 Å². The maximum Gasteiger partial charge on any atom is 0.416 e. The summed E-state index contributed by atoms with van der Waals surface area (Å²) in [6, 6.07) is 6.49. The molecule has 4 nitrogen and oxygen atoms in total. The number of alkyl halides is 3. The first-order chi connectivity index (χ1) is 9.00. The van der Waals surface area contributed by atoms with Gasteiger partial charge in [-0.2, -0.15) is 23.5 Å². The summed E-state index contributed by atoms with van der Waals surface area (Å²) in [5, 5.41) is 18.2. The Balaban J connectivity index is 2.20. The van der Waals surface area contributed by atoms with Crippen LogP contribution in [0.2, 0.25) is 0 Å². The number of nitriles is 1. The van der Waals surface area contributed by atoms with E-state index in [1.165, 1.54) is 6.07 Å². The molecule has 7 heteroatoms. The Morgan fingerprint density at radius 3 is 2.68 bits per heavy atom. The van der Waals surface area contributed by atoms with Gasteiger partial charge in [0.2, 0.25) is 0 Å². The van der Waals surface area contributed by atoms with Crippen molar-refractivity contribution in [2.45, 2.75) is 12.7 Å². The minimum absolute atomic E-state index is 0.0469. The van der Waals surface area contributed by atoms with E-state index in [4.69, 9.17) is 5.26 Å². The molecule has 0 saturated heterocycles. The Hall–Kier alpha value is -2.49. The maximum absolute atomic E-state index is 12.5. The summed E-state index contributed by atoms with van der Waals surface area (Å²) < 4.78 is 37.5. The molecule has 1 heterocycles. The summed E-state index contributed by atoms with van der Waals surface area (Å²) in [6.07, 6.45) is -2.89. The second-order valence-electron chi connectivity index (χ2n) is 3.81. The van der Waals surface area contributed by atoms with Gasteiger partial charge in [-0.15, -0.1) is 0 Å². The summed E-state index contributed by atoms with van der Waals surface area (Å²) >= 11 is 0. The van der Waals surface area contributed by atoms with Crippen molar-refractivity contribution in [1.82, 2.24) is 10.2 Å². The Labute approximate surface area is 106 Å². The summed E-state index contributed by atoms with van der Waals surface area (Å²) in [6.45, 7) is 0.347. The molecule has 2 rings (SSSR count). The van der Waals surface area contributed by atoms with Gasteiger partial charge in [0.05, 0.1) is 29.1 Å². The second-order valence-corrected chi connectivity index (χ2v) is 3.81. The fraction of sp³-hybridized carbons (Fsp3) is 0.167. The van der Waals surface area contributed by atoms with Crippen molar-refractivity contribution in [2.24, 2.45) is 0 Å². The molecule has 98 valence electrons. The van der Waals surface area contributed by atoms with E-state index >= 15 is 0 Å². The molecule has 0 aliphatic carbocycles. The third-order valence-corrected chi connectivity index (χ3v) is 2.50. The smallest absolute Gasteiger partial charge is 0.378 e. The summed E-state index contributed by atoms with van der Waals surface area (Å²) in [4.78, 5) is 0. The van der Waals surface area contributed by atoms with Crippen molar-refractivity contribution in [3.8, 4) is 6.07 Å². The van der Waals surface area contributed by atoms with Gasteiger partial charge in [0.1, 0.15) is 6.07 Å². The quantitative estimate of drug-likeness (QED) is 0.897. The molecule has 1 aromatic heterocycles. The third-order valence-electron chi connectivity index (χ3n) is 2.50. The van der Waals surface area contributed by atoms with Crippen molar-refractivity contribution in [1.29, 1.82) is 5.26 Å². The van der Waals surface area contributed by atoms with Crippen LogP contribution in [0.4, 0.5) is 18.9 Å². The highest BCUT2D eigenvalue weighted by Crippen LogP contribution is 2.31. The molecule has 2 aromatic rings. The topological polar surface area (TPSA) is 64.5 Å². The van der Waals surface area contributed by atoms with Crippen molar-refractivity contribution in [3.63, 3.8) is 0 Å². The molecule has 1 aromatic carbocycles. The number of benzene rings is 1. The first-order valence-corrected chi connectivity index (χ1v) is 5.34. The molecule has 2 N–H and O–H groups in total. The lowest BCUT2D eigenvalue weighted by Gasteiger charge is -2.11. The van der Waals surface area contributed by atoms with Crippen LogP contribution in [0.25, 0.3) is 0 Å². The van der Waals surface area contributed by atoms with Gasteiger partial charge in [-0.1, -0.05) is 0 Å². The lowest BCUT2D eigenvalue weighted by atomic mass is 10.1. The van der Waals surface area contributed by atoms with Crippen LogP contribution >= 0.6 is 0 Å². The van der Waals surface area contributed by atoms with Crippen molar-refractivity contribution in [2.75, 3.05) is 5.32 Å². The lowest BCUT2D eigenvalue weighted by Crippen LogP contribution is -2.07. The molecule has 0 fully saturated rings. The predicted molar refractivity (Wildman–Crippen MR) is 62.1 cm³/mol. The van der Waals surface area contributed by atoms with Gasteiger partial charge in [0, 0.05) is 6.20 Å². The Morgan fingerprint density at radius 2 is 2.11 bits per heavy atom. The van der Waals surface area contributed by atoms with E-state index in [1.54, 1.807) is 18.3 Å². The summed E-state index contributed by atoms with van der Waals surface area (Å²) in [5.41, 5.74) is 0.236. The molecule has 0 radical (unpaired) electrons. The number of hydrogen-bond donors (Lipinski definition) is 2. The zero-order valence-electron chi connectivity index (χ0n) is 9.62. The van der Waals surface area contributed by atoms with Gasteiger partial charge in [-0.05, 0) is 24.3 Å². The van der Waals surface area contributed by atoms with Gasteiger partial charge in [0.25, 0.3) is 0 Å². The van der Waals surface area contributed by atoms with E-state index in [0.717, 1.165) is 17.8 Å². The number of halogens is 3. The van der Waals surface area contributed by atoms with Crippen LogP contribution in [0, 0.1) is 11.3 Å². The van der Waals surface area contributed by atoms with E-state index in [-0.39, 0.29) is 5.56 Å². The molecular formula is C12H9F3N4. The molecule has 0 amide bonds. The minimum Gasteiger partial charge on any atom is -0.378 e. The average Bonchev–Trinajstić information content (AvgIpc) is 2.88. The number of aromatic nitrogens is 2. The minimum atomic E-state index is -4.45. The predicted octanol–water partition coefficient (Wildman–Crippen LogP) is 2.91.